The number of allylic oxidation sites excluding steroid dienone is 2. The summed E-state index contributed by atoms with van der Waals surface area (Å²) in [4.78, 5) is 31.3. The van der Waals surface area contributed by atoms with E-state index in [9.17, 15) is 14.4 Å². The van der Waals surface area contributed by atoms with Gasteiger partial charge in [-0.1, -0.05) is 0 Å². The van der Waals surface area contributed by atoms with Gasteiger partial charge in [0.2, 0.25) is 0 Å². The predicted octanol–water partition coefficient (Wildman–Crippen LogP) is -0.876. The van der Waals surface area contributed by atoms with Crippen LogP contribution in [0.25, 0.3) is 0 Å². The maximum atomic E-state index is 10.5. The maximum absolute atomic E-state index is 10.5. The van der Waals surface area contributed by atoms with Crippen LogP contribution in [0.2, 0.25) is 0 Å². The van der Waals surface area contributed by atoms with Crippen molar-refractivity contribution in [1.82, 2.24) is 0 Å². The van der Waals surface area contributed by atoms with Crippen LogP contribution in [-0.2, 0) is 14.4 Å². The Bertz CT molecular complexity index is 261. The summed E-state index contributed by atoms with van der Waals surface area (Å²) in [5, 5.41) is 18.3. The van der Waals surface area contributed by atoms with Crippen LogP contribution in [0.5, 0.6) is 0 Å². The first-order valence-corrected chi connectivity index (χ1v) is 3.65. The molecule has 0 aromatic heterocycles. The van der Waals surface area contributed by atoms with Gasteiger partial charge in [0.25, 0.3) is 0 Å². The van der Waals surface area contributed by atoms with Gasteiger partial charge in [-0.15, -0.1) is 0 Å². The minimum absolute atomic E-state index is 0. The fourth-order valence-corrected chi connectivity index (χ4v) is 1.41. The summed E-state index contributed by atoms with van der Waals surface area (Å²) in [6.07, 6.45) is 1.07. The number of aldehydes is 3. The molecule has 0 bridgehead atoms. The van der Waals surface area contributed by atoms with E-state index in [2.05, 4.69) is 0 Å². The number of aliphatic hydroxyl groups is 2. The second kappa shape index (κ2) is 4.99. The molecule has 14 heavy (non-hydrogen) atoms. The summed E-state index contributed by atoms with van der Waals surface area (Å²) < 4.78 is 0. The molecule has 0 aliphatic heterocycles. The molecule has 0 heterocycles. The second-order valence-electron chi connectivity index (χ2n) is 2.81. The summed E-state index contributed by atoms with van der Waals surface area (Å²) in [5.74, 6) is -4.32. The van der Waals surface area contributed by atoms with Crippen LogP contribution in [0.3, 0.4) is 0 Å². The van der Waals surface area contributed by atoms with Gasteiger partial charge < -0.3 is 24.6 Å². The van der Waals surface area contributed by atoms with Gasteiger partial charge in [-0.3, -0.25) is 0 Å². The van der Waals surface area contributed by atoms with Gasteiger partial charge >= 0.3 is 18.9 Å². The third-order valence-corrected chi connectivity index (χ3v) is 2.17. The number of hydrogen-bond donors (Lipinski definition) is 2. The second-order valence-corrected chi connectivity index (χ2v) is 2.81. The summed E-state index contributed by atoms with van der Waals surface area (Å²) in [6, 6.07) is 0. The predicted molar refractivity (Wildman–Crippen MR) is 48.1 cm³/mol. The Hall–Kier alpha value is -1.05. The Morgan fingerprint density at radius 3 is 1.43 bits per heavy atom. The molecule has 0 aromatic carbocycles. The first-order valence-electron chi connectivity index (χ1n) is 3.65. The van der Waals surface area contributed by atoms with Crippen molar-refractivity contribution >= 4 is 37.7 Å². The van der Waals surface area contributed by atoms with Crippen molar-refractivity contribution in [3.63, 3.8) is 0 Å². The Kier molecular flexibility index (Phi) is 4.61. The van der Waals surface area contributed by atoms with Gasteiger partial charge in [0.1, 0.15) is 30.4 Å². The van der Waals surface area contributed by atoms with Crippen molar-refractivity contribution < 1.29 is 24.6 Å². The minimum atomic E-state index is -1.09. The van der Waals surface area contributed by atoms with E-state index >= 15 is 0 Å². The van der Waals surface area contributed by atoms with E-state index in [1.165, 1.54) is 0 Å². The van der Waals surface area contributed by atoms with Crippen LogP contribution >= 0.6 is 0 Å². The fourth-order valence-electron chi connectivity index (χ4n) is 1.41. The van der Waals surface area contributed by atoms with Crippen LogP contribution in [-0.4, -0.2) is 47.9 Å². The zero-order valence-electron chi connectivity index (χ0n) is 6.58. The summed E-state index contributed by atoms with van der Waals surface area (Å²) in [6.45, 7) is 0. The standard InChI is InChI=1S/C8H8O5.Li.H/c9-1-4-5(2-10)7(12)8(13)6(4)3-11;;/h1-6,12-13H;;. The molecule has 2 N–H and O–H groups in total. The molecule has 0 spiro atoms. The zero-order valence-corrected chi connectivity index (χ0v) is 6.58. The van der Waals surface area contributed by atoms with Crippen LogP contribution in [0, 0.1) is 17.8 Å². The van der Waals surface area contributed by atoms with E-state index in [4.69, 9.17) is 10.2 Å². The van der Waals surface area contributed by atoms with Crippen LogP contribution < -0.4 is 0 Å². The Morgan fingerprint density at radius 2 is 1.21 bits per heavy atom. The van der Waals surface area contributed by atoms with Crippen molar-refractivity contribution in [2.75, 3.05) is 0 Å². The van der Waals surface area contributed by atoms with E-state index in [1.807, 2.05) is 0 Å². The summed E-state index contributed by atoms with van der Waals surface area (Å²) in [7, 11) is 0. The third kappa shape index (κ3) is 1.74. The van der Waals surface area contributed by atoms with Gasteiger partial charge in [-0.25, -0.2) is 0 Å². The zero-order chi connectivity index (χ0) is 10.0. The van der Waals surface area contributed by atoms with Crippen LogP contribution in [0.15, 0.2) is 11.5 Å². The molecule has 1 aliphatic rings. The average Bonchev–Trinajstić information content (AvgIpc) is 2.38. The number of aliphatic hydroxyl groups excluding tert-OH is 2. The van der Waals surface area contributed by atoms with Crippen molar-refractivity contribution in [2.24, 2.45) is 17.8 Å². The monoisotopic (exact) mass is 192 g/mol. The Balaban J connectivity index is 0.00000169. The normalized spacial score (nSPS) is 30.7. The molecule has 0 amide bonds. The number of hydrogen-bond acceptors (Lipinski definition) is 5. The van der Waals surface area contributed by atoms with Crippen LogP contribution in [0.1, 0.15) is 0 Å². The van der Waals surface area contributed by atoms with Crippen molar-refractivity contribution in [1.29, 1.82) is 0 Å². The van der Waals surface area contributed by atoms with E-state index < -0.39 is 29.3 Å². The van der Waals surface area contributed by atoms with Crippen molar-refractivity contribution in [3.8, 4) is 0 Å². The molecule has 0 fully saturated rings. The quantitative estimate of drug-likeness (QED) is 0.447. The molecule has 0 aromatic rings. The molecular formula is C8H9LiO5. The molecule has 2 unspecified atom stereocenters. The third-order valence-electron chi connectivity index (χ3n) is 2.17. The molecule has 2 atom stereocenters. The number of carbonyl (C=O) groups excluding carboxylic acids is 3. The van der Waals surface area contributed by atoms with Crippen molar-refractivity contribution in [3.05, 3.63) is 11.5 Å². The molecule has 0 saturated carbocycles. The Labute approximate surface area is 92.0 Å². The van der Waals surface area contributed by atoms with Gasteiger partial charge in [0.05, 0.1) is 11.8 Å². The fraction of sp³-hybridized carbons (Fsp3) is 0.375. The number of rotatable bonds is 3. The van der Waals surface area contributed by atoms with Gasteiger partial charge in [-0.2, -0.15) is 0 Å². The van der Waals surface area contributed by atoms with Gasteiger partial charge in [0, 0.05) is 5.92 Å². The SMILES string of the molecule is O=CC1C(O)=C(O)C(C=O)C1C=O.[LiH]. The number of carbonyl (C=O) groups is 3. The molecule has 0 saturated heterocycles. The Morgan fingerprint density at radius 1 is 0.857 bits per heavy atom. The molecule has 6 heteroatoms. The first kappa shape index (κ1) is 12.9. The molecule has 72 valence electrons. The molecule has 1 rings (SSSR count). The van der Waals surface area contributed by atoms with Gasteiger partial charge in [0.15, 0.2) is 0 Å². The van der Waals surface area contributed by atoms with E-state index in [0.717, 1.165) is 0 Å². The molecular weight excluding hydrogens is 183 g/mol. The molecule has 5 nitrogen and oxygen atoms in total. The molecule has 0 radical (unpaired) electrons. The molecule has 1 aliphatic carbocycles. The summed E-state index contributed by atoms with van der Waals surface area (Å²) in [5.41, 5.74) is 0. The van der Waals surface area contributed by atoms with E-state index in [0.29, 0.717) is 18.9 Å². The summed E-state index contributed by atoms with van der Waals surface area (Å²) >= 11 is 0. The van der Waals surface area contributed by atoms with Gasteiger partial charge in [-0.05, 0) is 0 Å². The van der Waals surface area contributed by atoms with E-state index in [-0.39, 0.29) is 18.9 Å². The first-order chi connectivity index (χ1) is 6.17. The topological polar surface area (TPSA) is 91.7 Å². The van der Waals surface area contributed by atoms with E-state index in [1.54, 1.807) is 0 Å². The van der Waals surface area contributed by atoms with Crippen LogP contribution in [0.4, 0.5) is 0 Å². The average molecular weight is 192 g/mol. The van der Waals surface area contributed by atoms with Crippen molar-refractivity contribution in [2.45, 2.75) is 0 Å².